The number of aliphatic hydroxyl groups excluding tert-OH is 1. The molecule has 1 N–H and O–H groups in total. The summed E-state index contributed by atoms with van der Waals surface area (Å²) < 4.78 is 0. The summed E-state index contributed by atoms with van der Waals surface area (Å²) in [4.78, 5) is 2.16. The molecule has 0 aliphatic carbocycles. The molecule has 0 bridgehead atoms. The van der Waals surface area contributed by atoms with Crippen LogP contribution in [0.5, 0.6) is 0 Å². The lowest BCUT2D eigenvalue weighted by atomic mass is 10.0. The molecule has 2 aromatic carbocycles. The Labute approximate surface area is 119 Å². The number of benzene rings is 2. The lowest BCUT2D eigenvalue weighted by molar-refractivity contribution is 0.202. The first kappa shape index (κ1) is 14.3. The molecule has 1 unspecified atom stereocenters. The lowest BCUT2D eigenvalue weighted by Crippen LogP contribution is -2.29. The van der Waals surface area contributed by atoms with Gasteiger partial charge in [0.05, 0.1) is 12.0 Å². The second-order valence-corrected chi connectivity index (χ2v) is 5.22. The Morgan fingerprint density at radius 2 is 1.89 bits per heavy atom. The average molecular weight is 278 g/mol. The molecule has 0 spiro atoms. The molecule has 19 heavy (non-hydrogen) atoms. The Hall–Kier alpha value is -1.09. The van der Waals surface area contributed by atoms with Crippen molar-refractivity contribution in [1.29, 1.82) is 0 Å². The molecular weight excluding hydrogens is 258 g/mol. The first-order valence-electron chi connectivity index (χ1n) is 6.70. The van der Waals surface area contributed by atoms with Crippen LogP contribution in [0.1, 0.15) is 17.9 Å². The second kappa shape index (κ2) is 6.90. The van der Waals surface area contributed by atoms with Crippen LogP contribution in [0.4, 0.5) is 0 Å². The van der Waals surface area contributed by atoms with Gasteiger partial charge in [-0.1, -0.05) is 43.3 Å². The van der Waals surface area contributed by atoms with E-state index in [9.17, 15) is 0 Å². The summed E-state index contributed by atoms with van der Waals surface area (Å²) in [5.41, 5.74) is 1.14. The van der Waals surface area contributed by atoms with Crippen LogP contribution < -0.4 is 0 Å². The van der Waals surface area contributed by atoms with Crippen molar-refractivity contribution in [3.05, 3.63) is 48.0 Å². The molecule has 0 aromatic heterocycles. The molecule has 0 saturated heterocycles. The number of rotatable bonds is 6. The third-order valence-electron chi connectivity index (χ3n) is 3.42. The minimum Gasteiger partial charge on any atom is -0.395 e. The topological polar surface area (TPSA) is 23.5 Å². The largest absolute Gasteiger partial charge is 0.395 e. The molecule has 0 aliphatic heterocycles. The first-order valence-corrected chi connectivity index (χ1v) is 7.14. The molecule has 2 rings (SSSR count). The highest BCUT2D eigenvalue weighted by Gasteiger charge is 2.12. The van der Waals surface area contributed by atoms with Crippen molar-refractivity contribution in [3.63, 3.8) is 0 Å². The summed E-state index contributed by atoms with van der Waals surface area (Å²) in [7, 11) is 0. The van der Waals surface area contributed by atoms with Crippen molar-refractivity contribution < 1.29 is 5.11 Å². The Kier molecular flexibility index (Phi) is 5.20. The summed E-state index contributed by atoms with van der Waals surface area (Å²) in [6.45, 7) is 4.59. The fourth-order valence-corrected chi connectivity index (χ4v) is 2.59. The molecule has 0 radical (unpaired) electrons. The number of hydrogen-bond acceptors (Lipinski definition) is 2. The van der Waals surface area contributed by atoms with Crippen molar-refractivity contribution in [2.75, 3.05) is 26.2 Å². The van der Waals surface area contributed by atoms with E-state index in [1.165, 1.54) is 10.8 Å². The summed E-state index contributed by atoms with van der Waals surface area (Å²) in [6.07, 6.45) is 0. The van der Waals surface area contributed by atoms with Crippen LogP contribution in [0.15, 0.2) is 42.5 Å². The molecule has 2 nitrogen and oxygen atoms in total. The maximum absolute atomic E-state index is 9.01. The van der Waals surface area contributed by atoms with Crippen LogP contribution >= 0.6 is 11.6 Å². The number of nitrogens with zero attached hydrogens (tertiary/aromatic N) is 1. The van der Waals surface area contributed by atoms with E-state index in [1.807, 2.05) is 12.1 Å². The average Bonchev–Trinajstić information content (AvgIpc) is 2.46. The third kappa shape index (κ3) is 3.69. The van der Waals surface area contributed by atoms with Crippen LogP contribution in [0.25, 0.3) is 10.8 Å². The molecule has 0 saturated carbocycles. The van der Waals surface area contributed by atoms with Gasteiger partial charge in [-0.05, 0) is 28.9 Å². The van der Waals surface area contributed by atoms with Gasteiger partial charge in [0.2, 0.25) is 0 Å². The summed E-state index contributed by atoms with van der Waals surface area (Å²) in [5.74, 6) is 0. The summed E-state index contributed by atoms with van der Waals surface area (Å²) >= 11 is 6.49. The van der Waals surface area contributed by atoms with Gasteiger partial charge < -0.3 is 5.11 Å². The fourth-order valence-electron chi connectivity index (χ4n) is 2.25. The maximum atomic E-state index is 9.01. The Bertz CT molecular complexity index is 529. The van der Waals surface area contributed by atoms with E-state index >= 15 is 0 Å². The van der Waals surface area contributed by atoms with Crippen molar-refractivity contribution in [3.8, 4) is 0 Å². The SMILES string of the molecule is CCN(CCO)CC(Cl)c1ccc2ccccc2c1. The molecule has 1 atom stereocenters. The summed E-state index contributed by atoms with van der Waals surface area (Å²) in [6, 6.07) is 14.6. The van der Waals surface area contributed by atoms with Gasteiger partial charge in [0, 0.05) is 13.1 Å². The van der Waals surface area contributed by atoms with E-state index < -0.39 is 0 Å². The van der Waals surface area contributed by atoms with Gasteiger partial charge in [0.25, 0.3) is 0 Å². The quantitative estimate of drug-likeness (QED) is 0.818. The van der Waals surface area contributed by atoms with Crippen LogP contribution in [-0.4, -0.2) is 36.2 Å². The van der Waals surface area contributed by atoms with Crippen molar-refractivity contribution >= 4 is 22.4 Å². The Morgan fingerprint density at radius 3 is 2.58 bits per heavy atom. The molecular formula is C16H20ClNO. The van der Waals surface area contributed by atoms with E-state index in [-0.39, 0.29) is 12.0 Å². The minimum absolute atomic E-state index is 0.0453. The van der Waals surface area contributed by atoms with E-state index in [0.717, 1.165) is 18.7 Å². The van der Waals surface area contributed by atoms with E-state index in [1.54, 1.807) is 0 Å². The van der Waals surface area contributed by atoms with Crippen molar-refractivity contribution in [2.45, 2.75) is 12.3 Å². The number of hydrogen-bond donors (Lipinski definition) is 1. The Balaban J connectivity index is 2.14. The molecule has 2 aromatic rings. The zero-order valence-electron chi connectivity index (χ0n) is 11.2. The lowest BCUT2D eigenvalue weighted by Gasteiger charge is -2.22. The predicted octanol–water partition coefficient (Wildman–Crippen LogP) is 3.43. The Morgan fingerprint density at radius 1 is 1.16 bits per heavy atom. The number of fused-ring (bicyclic) bond motifs is 1. The van der Waals surface area contributed by atoms with Gasteiger partial charge in [-0.2, -0.15) is 0 Å². The normalized spacial score (nSPS) is 13.1. The third-order valence-corrected chi connectivity index (χ3v) is 3.81. The van der Waals surface area contributed by atoms with Gasteiger partial charge in [-0.15, -0.1) is 11.6 Å². The van der Waals surface area contributed by atoms with Gasteiger partial charge in [0.15, 0.2) is 0 Å². The van der Waals surface area contributed by atoms with E-state index in [4.69, 9.17) is 16.7 Å². The minimum atomic E-state index is -0.0453. The molecule has 0 heterocycles. The maximum Gasteiger partial charge on any atom is 0.0712 e. The highest BCUT2D eigenvalue weighted by molar-refractivity contribution is 6.21. The smallest absolute Gasteiger partial charge is 0.0712 e. The predicted molar refractivity (Wildman–Crippen MR) is 81.7 cm³/mol. The second-order valence-electron chi connectivity index (χ2n) is 4.69. The number of halogens is 1. The molecule has 0 fully saturated rings. The zero-order valence-corrected chi connectivity index (χ0v) is 12.0. The van der Waals surface area contributed by atoms with E-state index in [0.29, 0.717) is 6.54 Å². The first-order chi connectivity index (χ1) is 9.24. The van der Waals surface area contributed by atoms with Crippen LogP contribution in [-0.2, 0) is 0 Å². The van der Waals surface area contributed by atoms with Crippen LogP contribution in [0, 0.1) is 0 Å². The van der Waals surface area contributed by atoms with Gasteiger partial charge in [0.1, 0.15) is 0 Å². The van der Waals surface area contributed by atoms with Crippen molar-refractivity contribution in [1.82, 2.24) is 4.90 Å². The fraction of sp³-hybridized carbons (Fsp3) is 0.375. The molecule has 3 heteroatoms. The van der Waals surface area contributed by atoms with Gasteiger partial charge in [-0.25, -0.2) is 0 Å². The molecule has 0 amide bonds. The standard InChI is InChI=1S/C16H20ClNO/c1-2-18(9-10-19)12-16(17)15-8-7-13-5-3-4-6-14(13)11-15/h3-8,11,16,19H,2,9-10,12H2,1H3. The highest BCUT2D eigenvalue weighted by atomic mass is 35.5. The van der Waals surface area contributed by atoms with Gasteiger partial charge in [-0.3, -0.25) is 4.90 Å². The monoisotopic (exact) mass is 277 g/mol. The summed E-state index contributed by atoms with van der Waals surface area (Å²) in [5, 5.41) is 11.4. The highest BCUT2D eigenvalue weighted by Crippen LogP contribution is 2.25. The number of likely N-dealkylation sites (N-methyl/N-ethyl adjacent to an activating group) is 1. The number of alkyl halides is 1. The van der Waals surface area contributed by atoms with Crippen molar-refractivity contribution in [2.24, 2.45) is 0 Å². The van der Waals surface area contributed by atoms with E-state index in [2.05, 4.69) is 42.2 Å². The molecule has 102 valence electrons. The van der Waals surface area contributed by atoms with Gasteiger partial charge >= 0.3 is 0 Å². The van der Waals surface area contributed by atoms with Crippen LogP contribution in [0.2, 0.25) is 0 Å². The van der Waals surface area contributed by atoms with Crippen LogP contribution in [0.3, 0.4) is 0 Å². The number of aliphatic hydroxyl groups is 1. The molecule has 0 aliphatic rings. The zero-order chi connectivity index (χ0) is 13.7.